The summed E-state index contributed by atoms with van der Waals surface area (Å²) in [6.45, 7) is -0.216. The van der Waals surface area contributed by atoms with Gasteiger partial charge < -0.3 is 30.5 Å². The zero-order valence-corrected chi connectivity index (χ0v) is 20.0. The number of hydrogen-bond donors (Lipinski definition) is 4. The fourth-order valence-corrected chi connectivity index (χ4v) is 5.55. The lowest BCUT2D eigenvalue weighted by Gasteiger charge is -2.37. The van der Waals surface area contributed by atoms with Crippen molar-refractivity contribution in [3.8, 4) is 5.75 Å². The van der Waals surface area contributed by atoms with Gasteiger partial charge in [-0.1, -0.05) is 31.4 Å². The molecule has 4 atom stereocenters. The van der Waals surface area contributed by atoms with Crippen LogP contribution in [0.1, 0.15) is 56.4 Å². The Morgan fingerprint density at radius 1 is 1.06 bits per heavy atom. The van der Waals surface area contributed by atoms with Crippen LogP contribution in [0.25, 0.3) is 0 Å². The lowest BCUT2D eigenvalue weighted by atomic mass is 9.84. The van der Waals surface area contributed by atoms with Gasteiger partial charge in [0.15, 0.2) is 0 Å². The van der Waals surface area contributed by atoms with Gasteiger partial charge in [0.25, 0.3) is 0 Å². The van der Waals surface area contributed by atoms with Gasteiger partial charge in [0.2, 0.25) is 5.91 Å². The van der Waals surface area contributed by atoms with Gasteiger partial charge in [0.05, 0.1) is 24.8 Å². The van der Waals surface area contributed by atoms with E-state index in [2.05, 4.69) is 16.0 Å². The van der Waals surface area contributed by atoms with Gasteiger partial charge in [-0.15, -0.1) is 0 Å². The third-order valence-corrected chi connectivity index (χ3v) is 7.26. The molecule has 9 heteroatoms. The van der Waals surface area contributed by atoms with Gasteiger partial charge in [-0.25, -0.2) is 9.18 Å². The van der Waals surface area contributed by atoms with E-state index in [1.54, 1.807) is 24.3 Å². The van der Waals surface area contributed by atoms with E-state index in [0.29, 0.717) is 17.9 Å². The maximum Gasteiger partial charge on any atom is 0.323 e. The number of aliphatic hydroxyl groups is 1. The fourth-order valence-electron chi connectivity index (χ4n) is 5.55. The third kappa shape index (κ3) is 5.47. The van der Waals surface area contributed by atoms with Crippen LogP contribution in [-0.2, 0) is 9.53 Å². The number of nitrogens with one attached hydrogen (secondary N) is 3. The fraction of sp³-hybridized carbons (Fsp3) is 0.481. The summed E-state index contributed by atoms with van der Waals surface area (Å²) in [5, 5.41) is 18.4. The predicted molar refractivity (Wildman–Crippen MR) is 133 cm³/mol. The molecule has 2 aromatic carbocycles. The topological polar surface area (TPSA) is 109 Å². The van der Waals surface area contributed by atoms with Crippen molar-refractivity contribution in [1.29, 1.82) is 0 Å². The van der Waals surface area contributed by atoms with E-state index in [-0.39, 0.29) is 48.8 Å². The first-order valence-electron chi connectivity index (χ1n) is 12.7. The number of hydrogen-bond acceptors (Lipinski definition) is 5. The first-order valence-corrected chi connectivity index (χ1v) is 12.7. The van der Waals surface area contributed by atoms with Gasteiger partial charge in [-0.3, -0.25) is 4.79 Å². The number of fused-ring (bicyclic) bond motifs is 3. The second-order valence-electron chi connectivity index (χ2n) is 9.82. The number of halogens is 1. The molecule has 2 heterocycles. The van der Waals surface area contributed by atoms with E-state index in [1.807, 2.05) is 6.07 Å². The highest BCUT2D eigenvalue weighted by atomic mass is 19.1. The van der Waals surface area contributed by atoms with E-state index in [4.69, 9.17) is 9.47 Å². The predicted octanol–water partition coefficient (Wildman–Crippen LogP) is 4.30. The molecule has 0 unspecified atom stereocenters. The van der Waals surface area contributed by atoms with Crippen molar-refractivity contribution in [2.24, 2.45) is 0 Å². The molecule has 3 aliphatic rings. The average molecular weight is 498 g/mol. The molecule has 2 aromatic rings. The summed E-state index contributed by atoms with van der Waals surface area (Å²) in [6, 6.07) is 10.9. The maximum atomic E-state index is 13.9. The van der Waals surface area contributed by atoms with Crippen LogP contribution in [0.3, 0.4) is 0 Å². The van der Waals surface area contributed by atoms with Crippen molar-refractivity contribution in [2.45, 2.75) is 75.2 Å². The number of ether oxygens (including phenoxy) is 2. The van der Waals surface area contributed by atoms with Crippen molar-refractivity contribution in [3.05, 3.63) is 53.8 Å². The SMILES string of the molecule is O=C(C[C@@H]1C[C@H]2c3cc(NC(=O)Nc4ccccc4F)ccc3O[C@H]2[C@H](CO)O1)NC1CCCCC1. The minimum atomic E-state index is -0.562. The molecule has 5 rings (SSSR count). The van der Waals surface area contributed by atoms with E-state index in [9.17, 15) is 19.1 Å². The number of carbonyl (C=O) groups is 2. The molecule has 1 saturated carbocycles. The molecule has 8 nitrogen and oxygen atoms in total. The van der Waals surface area contributed by atoms with Crippen molar-refractivity contribution < 1.29 is 28.6 Å². The lowest BCUT2D eigenvalue weighted by Crippen LogP contribution is -2.48. The highest BCUT2D eigenvalue weighted by molar-refractivity contribution is 5.99. The number of aliphatic hydroxyl groups excluding tert-OH is 1. The van der Waals surface area contributed by atoms with Gasteiger partial charge >= 0.3 is 6.03 Å². The number of para-hydroxylation sites is 1. The Morgan fingerprint density at radius 2 is 1.86 bits per heavy atom. The number of carbonyl (C=O) groups excluding carboxylic acids is 2. The van der Waals surface area contributed by atoms with Crippen LogP contribution < -0.4 is 20.7 Å². The molecule has 1 saturated heterocycles. The number of rotatable bonds is 6. The van der Waals surface area contributed by atoms with E-state index in [1.165, 1.54) is 18.6 Å². The second kappa shape index (κ2) is 10.8. The van der Waals surface area contributed by atoms with Gasteiger partial charge in [0, 0.05) is 23.2 Å². The van der Waals surface area contributed by atoms with Gasteiger partial charge in [-0.05, 0) is 49.6 Å². The zero-order valence-electron chi connectivity index (χ0n) is 20.0. The zero-order chi connectivity index (χ0) is 25.1. The molecular formula is C27H32FN3O5. The Labute approximate surface area is 209 Å². The summed E-state index contributed by atoms with van der Waals surface area (Å²) in [6.07, 6.45) is 5.07. The number of benzene rings is 2. The number of amides is 3. The highest BCUT2D eigenvalue weighted by Gasteiger charge is 2.46. The molecule has 2 aliphatic heterocycles. The van der Waals surface area contributed by atoms with Crippen molar-refractivity contribution in [3.63, 3.8) is 0 Å². The van der Waals surface area contributed by atoms with E-state index in [0.717, 1.165) is 31.2 Å². The summed E-state index contributed by atoms with van der Waals surface area (Å²) in [5.74, 6) is 0.0317. The quantitative estimate of drug-likeness (QED) is 0.476. The first-order chi connectivity index (χ1) is 17.5. The van der Waals surface area contributed by atoms with Gasteiger partial charge in [0.1, 0.15) is 23.8 Å². The van der Waals surface area contributed by atoms with E-state index < -0.39 is 18.0 Å². The molecule has 0 bridgehead atoms. The molecule has 0 radical (unpaired) electrons. The summed E-state index contributed by atoms with van der Waals surface area (Å²) in [5.41, 5.74) is 1.51. The number of urea groups is 1. The minimum Gasteiger partial charge on any atom is -0.487 e. The van der Waals surface area contributed by atoms with E-state index >= 15 is 0 Å². The third-order valence-electron chi connectivity index (χ3n) is 7.26. The molecule has 1 aliphatic carbocycles. The molecule has 4 N–H and O–H groups in total. The Bertz CT molecular complexity index is 1110. The molecule has 0 aromatic heterocycles. The molecule has 3 amide bonds. The summed E-state index contributed by atoms with van der Waals surface area (Å²) >= 11 is 0. The minimum absolute atomic E-state index is 0.0265. The van der Waals surface area contributed by atoms with Crippen molar-refractivity contribution in [2.75, 3.05) is 17.2 Å². The smallest absolute Gasteiger partial charge is 0.323 e. The largest absolute Gasteiger partial charge is 0.487 e. The molecule has 36 heavy (non-hydrogen) atoms. The van der Waals surface area contributed by atoms with Gasteiger partial charge in [-0.2, -0.15) is 0 Å². The second-order valence-corrected chi connectivity index (χ2v) is 9.82. The Hall–Kier alpha value is -3.17. The van der Waals surface area contributed by atoms with Crippen LogP contribution in [0.5, 0.6) is 5.75 Å². The maximum absolute atomic E-state index is 13.9. The Morgan fingerprint density at radius 3 is 2.64 bits per heavy atom. The monoisotopic (exact) mass is 497 g/mol. The highest BCUT2D eigenvalue weighted by Crippen LogP contribution is 2.47. The molecular weight excluding hydrogens is 465 g/mol. The summed E-state index contributed by atoms with van der Waals surface area (Å²) in [7, 11) is 0. The van der Waals surface area contributed by atoms with Crippen LogP contribution in [0.2, 0.25) is 0 Å². The lowest BCUT2D eigenvalue weighted by molar-refractivity contribution is -0.142. The first kappa shape index (κ1) is 24.5. The Balaban J connectivity index is 1.25. The van der Waals surface area contributed by atoms with Crippen LogP contribution >= 0.6 is 0 Å². The molecule has 2 fully saturated rings. The standard InChI is InChI=1S/C27H32FN3O5/c28-21-8-4-5-9-22(21)31-27(34)30-17-10-11-23-19(12-17)20-13-18(35-24(15-32)26(20)36-23)14-25(33)29-16-6-2-1-3-7-16/h4-5,8-12,16,18,20,24,26,32H,1-3,6-7,13-15H2,(H,29,33)(H2,30,31,34)/t18-,20-,24-,26+/m0/s1. The summed E-state index contributed by atoms with van der Waals surface area (Å²) < 4.78 is 26.0. The Kier molecular flexibility index (Phi) is 7.38. The molecule has 192 valence electrons. The normalized spacial score (nSPS) is 25.3. The van der Waals surface area contributed by atoms with Crippen molar-refractivity contribution >= 4 is 23.3 Å². The van der Waals surface area contributed by atoms with Crippen molar-refractivity contribution in [1.82, 2.24) is 5.32 Å². The summed E-state index contributed by atoms with van der Waals surface area (Å²) in [4.78, 5) is 25.1. The number of anilines is 2. The van der Waals surface area contributed by atoms with Crippen LogP contribution in [0.4, 0.5) is 20.6 Å². The molecule has 0 spiro atoms. The average Bonchev–Trinajstić information content (AvgIpc) is 3.23. The van der Waals surface area contributed by atoms with Crippen LogP contribution in [0.15, 0.2) is 42.5 Å². The van der Waals surface area contributed by atoms with Crippen LogP contribution in [0, 0.1) is 5.82 Å². The van der Waals surface area contributed by atoms with Crippen LogP contribution in [-0.4, -0.2) is 48.0 Å².